The normalized spacial score (nSPS) is 10.6. The first kappa shape index (κ1) is 12.0. The lowest BCUT2D eigenvalue weighted by molar-refractivity contribution is 0.443. The van der Waals surface area contributed by atoms with E-state index in [1.807, 2.05) is 6.92 Å². The molecule has 3 N–H and O–H groups in total. The van der Waals surface area contributed by atoms with Crippen molar-refractivity contribution < 1.29 is 10.2 Å². The molecule has 3 heteroatoms. The van der Waals surface area contributed by atoms with Gasteiger partial charge >= 0.3 is 0 Å². The summed E-state index contributed by atoms with van der Waals surface area (Å²) in [4.78, 5) is 0. The molecule has 0 fully saturated rings. The van der Waals surface area contributed by atoms with Gasteiger partial charge in [-0.1, -0.05) is 18.2 Å². The smallest absolute Gasteiger partial charge is 0.122 e. The van der Waals surface area contributed by atoms with Crippen LogP contribution in [0.3, 0.4) is 0 Å². The number of phenolic OH excluding ortho intramolecular Hbond substituents is 2. The summed E-state index contributed by atoms with van der Waals surface area (Å²) in [5.74, 6) is -0.0213. The zero-order chi connectivity index (χ0) is 12.3. The van der Waals surface area contributed by atoms with Crippen LogP contribution in [-0.4, -0.2) is 15.9 Å². The molecule has 0 bridgehead atoms. The number of benzene rings is 1. The fourth-order valence-electron chi connectivity index (χ4n) is 1.16. The van der Waals surface area contributed by atoms with Crippen molar-refractivity contribution in [2.45, 2.75) is 13.8 Å². The highest BCUT2D eigenvalue weighted by Crippen LogP contribution is 2.27. The Hall–Kier alpha value is -2.03. The maximum atomic E-state index is 9.51. The molecule has 84 valence electrons. The van der Waals surface area contributed by atoms with Crippen LogP contribution in [0.4, 0.5) is 0 Å². The quantitative estimate of drug-likeness (QED) is 0.538. The van der Waals surface area contributed by atoms with Crippen LogP contribution in [-0.2, 0) is 0 Å². The Labute approximate surface area is 94.9 Å². The minimum Gasteiger partial charge on any atom is -0.508 e. The molecule has 1 rings (SSSR count). The van der Waals surface area contributed by atoms with Crippen molar-refractivity contribution in [3.63, 3.8) is 0 Å². The van der Waals surface area contributed by atoms with E-state index >= 15 is 0 Å². The Bertz CT molecular complexity index is 450. The van der Waals surface area contributed by atoms with Gasteiger partial charge in [-0.3, -0.25) is 0 Å². The van der Waals surface area contributed by atoms with Crippen molar-refractivity contribution in [2.75, 3.05) is 0 Å². The van der Waals surface area contributed by atoms with Gasteiger partial charge in [0.1, 0.15) is 11.5 Å². The molecule has 0 atom stereocenters. The number of nitrogens with one attached hydrogen (secondary N) is 1. The second-order valence-electron chi connectivity index (χ2n) is 3.73. The molecule has 0 aliphatic rings. The van der Waals surface area contributed by atoms with Gasteiger partial charge in [-0.05, 0) is 32.1 Å². The number of rotatable bonds is 3. The first-order valence-electron chi connectivity index (χ1n) is 4.87. The van der Waals surface area contributed by atoms with Crippen LogP contribution < -0.4 is 0 Å². The van der Waals surface area contributed by atoms with Gasteiger partial charge in [0, 0.05) is 11.1 Å². The van der Waals surface area contributed by atoms with E-state index in [2.05, 4.69) is 6.58 Å². The lowest BCUT2D eigenvalue weighted by Crippen LogP contribution is -1.95. The standard InChI is InChI=1S/C13H15NO2/c1-8(2)4-5-11(14)10-6-12(15)9(3)13(16)7-10/h4-7,14-16H,1H2,2-3H3/b5-4-,14-11?. The highest BCUT2D eigenvalue weighted by molar-refractivity contribution is 6.07. The van der Waals surface area contributed by atoms with Gasteiger partial charge in [0.15, 0.2) is 0 Å². The summed E-state index contributed by atoms with van der Waals surface area (Å²) >= 11 is 0. The molecule has 0 heterocycles. The zero-order valence-corrected chi connectivity index (χ0v) is 9.41. The molecule has 0 amide bonds. The van der Waals surface area contributed by atoms with Crippen LogP contribution in [0, 0.1) is 12.3 Å². The molecule has 0 aliphatic heterocycles. The van der Waals surface area contributed by atoms with Gasteiger partial charge in [0.2, 0.25) is 0 Å². The Morgan fingerprint density at radius 2 is 1.75 bits per heavy atom. The molecule has 0 spiro atoms. The van der Waals surface area contributed by atoms with Gasteiger partial charge in [-0.15, -0.1) is 0 Å². The number of hydrogen-bond donors (Lipinski definition) is 3. The molecule has 0 radical (unpaired) electrons. The average Bonchev–Trinajstić information content (AvgIpc) is 2.21. The van der Waals surface area contributed by atoms with Crippen LogP contribution in [0.25, 0.3) is 0 Å². The van der Waals surface area contributed by atoms with Gasteiger partial charge in [0.05, 0.1) is 5.71 Å². The SMILES string of the molecule is C=C(C)/C=C\C(=N)c1cc(O)c(C)c(O)c1. The largest absolute Gasteiger partial charge is 0.508 e. The topological polar surface area (TPSA) is 64.3 Å². The van der Waals surface area contributed by atoms with Gasteiger partial charge in [-0.25, -0.2) is 0 Å². The first-order chi connectivity index (χ1) is 7.41. The molecule has 0 unspecified atom stereocenters. The predicted molar refractivity (Wildman–Crippen MR) is 65.3 cm³/mol. The van der Waals surface area contributed by atoms with Crippen molar-refractivity contribution in [2.24, 2.45) is 0 Å². The third-order valence-electron chi connectivity index (χ3n) is 2.20. The fourth-order valence-corrected chi connectivity index (χ4v) is 1.16. The third-order valence-corrected chi connectivity index (χ3v) is 2.20. The van der Waals surface area contributed by atoms with Gasteiger partial charge in [0.25, 0.3) is 0 Å². The minimum atomic E-state index is -0.0107. The van der Waals surface area contributed by atoms with Crippen LogP contribution in [0.5, 0.6) is 11.5 Å². The lowest BCUT2D eigenvalue weighted by atomic mass is 10.1. The lowest BCUT2D eigenvalue weighted by Gasteiger charge is -2.05. The highest BCUT2D eigenvalue weighted by atomic mass is 16.3. The number of hydrogen-bond acceptors (Lipinski definition) is 3. The zero-order valence-electron chi connectivity index (χ0n) is 9.41. The third kappa shape index (κ3) is 2.73. The van der Waals surface area contributed by atoms with E-state index in [9.17, 15) is 10.2 Å². The molecule has 16 heavy (non-hydrogen) atoms. The molecule has 3 nitrogen and oxygen atoms in total. The van der Waals surface area contributed by atoms with Gasteiger partial charge < -0.3 is 15.6 Å². The summed E-state index contributed by atoms with van der Waals surface area (Å²) in [6, 6.07) is 2.92. The Balaban J connectivity index is 3.06. The average molecular weight is 217 g/mol. The van der Waals surface area contributed by atoms with Crippen molar-refractivity contribution in [3.8, 4) is 11.5 Å². The van der Waals surface area contributed by atoms with E-state index in [0.29, 0.717) is 11.1 Å². The van der Waals surface area contributed by atoms with Gasteiger partial charge in [-0.2, -0.15) is 0 Å². The summed E-state index contributed by atoms with van der Waals surface area (Å²) in [7, 11) is 0. The number of allylic oxidation sites excluding steroid dienone is 3. The van der Waals surface area contributed by atoms with E-state index in [1.165, 1.54) is 12.1 Å². The molecule has 0 aromatic heterocycles. The fraction of sp³-hybridized carbons (Fsp3) is 0.154. The van der Waals surface area contributed by atoms with E-state index in [1.54, 1.807) is 19.1 Å². The van der Waals surface area contributed by atoms with Crippen LogP contribution in [0.15, 0.2) is 36.4 Å². The summed E-state index contributed by atoms with van der Waals surface area (Å²) < 4.78 is 0. The molecule has 1 aromatic carbocycles. The number of aromatic hydroxyl groups is 2. The Morgan fingerprint density at radius 3 is 2.19 bits per heavy atom. The summed E-state index contributed by atoms with van der Waals surface area (Å²) in [6.07, 6.45) is 3.28. The van der Waals surface area contributed by atoms with E-state index < -0.39 is 0 Å². The molecule has 0 saturated heterocycles. The monoisotopic (exact) mass is 217 g/mol. The van der Waals surface area contributed by atoms with Crippen molar-refractivity contribution in [1.82, 2.24) is 0 Å². The summed E-state index contributed by atoms with van der Waals surface area (Å²) in [5, 5.41) is 26.8. The van der Waals surface area contributed by atoms with E-state index in [4.69, 9.17) is 5.41 Å². The second-order valence-corrected chi connectivity index (χ2v) is 3.73. The maximum absolute atomic E-state index is 9.51. The highest BCUT2D eigenvalue weighted by Gasteiger charge is 2.07. The molecule has 1 aromatic rings. The minimum absolute atomic E-state index is 0.0107. The Kier molecular flexibility index (Phi) is 3.51. The second kappa shape index (κ2) is 4.66. The molecule has 0 saturated carbocycles. The van der Waals surface area contributed by atoms with Crippen LogP contribution in [0.1, 0.15) is 18.1 Å². The van der Waals surface area contributed by atoms with Crippen molar-refractivity contribution in [1.29, 1.82) is 5.41 Å². The molecule has 0 aliphatic carbocycles. The van der Waals surface area contributed by atoms with E-state index in [-0.39, 0.29) is 17.2 Å². The van der Waals surface area contributed by atoms with Crippen LogP contribution in [0.2, 0.25) is 0 Å². The summed E-state index contributed by atoms with van der Waals surface area (Å²) in [6.45, 7) is 7.13. The first-order valence-corrected chi connectivity index (χ1v) is 4.87. The predicted octanol–water partition coefficient (Wildman–Crippen LogP) is 2.91. The molecular formula is C13H15NO2. The van der Waals surface area contributed by atoms with Crippen molar-refractivity contribution in [3.05, 3.63) is 47.6 Å². The van der Waals surface area contributed by atoms with Crippen LogP contribution >= 0.6 is 0 Å². The van der Waals surface area contributed by atoms with E-state index in [0.717, 1.165) is 5.57 Å². The number of phenols is 2. The van der Waals surface area contributed by atoms with Crippen molar-refractivity contribution >= 4 is 5.71 Å². The Morgan fingerprint density at radius 1 is 1.25 bits per heavy atom. The maximum Gasteiger partial charge on any atom is 0.122 e. The summed E-state index contributed by atoms with van der Waals surface area (Å²) in [5.41, 5.74) is 1.94. The molecular weight excluding hydrogens is 202 g/mol.